The van der Waals surface area contributed by atoms with Crippen LogP contribution in [-0.2, 0) is 4.79 Å². The van der Waals surface area contributed by atoms with E-state index in [1.807, 2.05) is 0 Å². The van der Waals surface area contributed by atoms with E-state index < -0.39 is 5.97 Å². The average molecular weight is 258 g/mol. The maximum atomic E-state index is 11.8. The van der Waals surface area contributed by atoms with Gasteiger partial charge in [-0.1, -0.05) is 6.92 Å². The number of urea groups is 1. The molecule has 1 saturated heterocycles. The zero-order valence-electron chi connectivity index (χ0n) is 10.8. The second-order valence-corrected chi connectivity index (χ2v) is 5.00. The van der Waals surface area contributed by atoms with Gasteiger partial charge in [0.1, 0.15) is 0 Å². The summed E-state index contributed by atoms with van der Waals surface area (Å²) in [6.07, 6.45) is 1.73. The topological polar surface area (TPSA) is 89.9 Å². The molecular formula is C12H22N2O4. The number of nitrogens with one attached hydrogen (secondary N) is 1. The highest BCUT2D eigenvalue weighted by molar-refractivity contribution is 5.74. The Balaban J connectivity index is 2.23. The van der Waals surface area contributed by atoms with Gasteiger partial charge in [-0.3, -0.25) is 4.79 Å². The van der Waals surface area contributed by atoms with Crippen molar-refractivity contribution < 1.29 is 19.8 Å². The van der Waals surface area contributed by atoms with Crippen LogP contribution in [0.4, 0.5) is 4.79 Å². The molecule has 0 aromatic rings. The van der Waals surface area contributed by atoms with Gasteiger partial charge in [-0.15, -0.1) is 0 Å². The van der Waals surface area contributed by atoms with Gasteiger partial charge in [0.05, 0.1) is 0 Å². The number of hydrogen-bond acceptors (Lipinski definition) is 3. The van der Waals surface area contributed by atoms with Crippen molar-refractivity contribution in [2.75, 3.05) is 26.2 Å². The molecule has 0 aromatic carbocycles. The largest absolute Gasteiger partial charge is 0.481 e. The second-order valence-electron chi connectivity index (χ2n) is 5.00. The fraction of sp³-hybridized carbons (Fsp3) is 0.833. The Hall–Kier alpha value is -1.30. The SMILES string of the molecule is CC(CNC(=O)N1CCC(CCO)C1)CC(=O)O. The predicted molar refractivity (Wildman–Crippen MR) is 66.2 cm³/mol. The van der Waals surface area contributed by atoms with Gasteiger partial charge in [0, 0.05) is 32.7 Å². The number of carboxylic acids is 1. The number of likely N-dealkylation sites (tertiary alicyclic amines) is 1. The number of carbonyl (C=O) groups is 2. The van der Waals surface area contributed by atoms with Crippen molar-refractivity contribution in [1.82, 2.24) is 10.2 Å². The van der Waals surface area contributed by atoms with Crippen molar-refractivity contribution in [3.8, 4) is 0 Å². The minimum absolute atomic E-state index is 0.0629. The smallest absolute Gasteiger partial charge is 0.317 e. The number of aliphatic carboxylic acids is 1. The molecular weight excluding hydrogens is 236 g/mol. The standard InChI is InChI=1S/C12H22N2O4/c1-9(6-11(16)17)7-13-12(18)14-4-2-10(8-14)3-5-15/h9-10,15H,2-8H2,1H3,(H,13,18)(H,16,17). The van der Waals surface area contributed by atoms with Crippen LogP contribution < -0.4 is 5.32 Å². The molecule has 6 nitrogen and oxygen atoms in total. The van der Waals surface area contributed by atoms with E-state index in [4.69, 9.17) is 10.2 Å². The highest BCUT2D eigenvalue weighted by atomic mass is 16.4. The zero-order chi connectivity index (χ0) is 13.5. The molecule has 0 bridgehead atoms. The molecule has 0 saturated carbocycles. The Kier molecular flexibility index (Phi) is 5.91. The molecule has 1 aliphatic heterocycles. The molecule has 1 rings (SSSR count). The summed E-state index contributed by atoms with van der Waals surface area (Å²) in [6.45, 7) is 3.73. The van der Waals surface area contributed by atoms with E-state index >= 15 is 0 Å². The average Bonchev–Trinajstić information content (AvgIpc) is 2.74. The molecule has 0 spiro atoms. The number of hydrogen-bond donors (Lipinski definition) is 3. The Bertz CT molecular complexity index is 296. The Morgan fingerprint density at radius 3 is 2.83 bits per heavy atom. The van der Waals surface area contributed by atoms with E-state index in [9.17, 15) is 9.59 Å². The third kappa shape index (κ3) is 4.91. The van der Waals surface area contributed by atoms with Gasteiger partial charge in [-0.2, -0.15) is 0 Å². The number of carboxylic acid groups (broad SMARTS) is 1. The molecule has 3 N–H and O–H groups in total. The number of aliphatic hydroxyl groups is 1. The van der Waals surface area contributed by atoms with Crippen molar-refractivity contribution in [2.24, 2.45) is 11.8 Å². The first-order chi connectivity index (χ1) is 8.52. The first kappa shape index (κ1) is 14.8. The lowest BCUT2D eigenvalue weighted by Crippen LogP contribution is -2.40. The van der Waals surface area contributed by atoms with Crippen LogP contribution in [-0.4, -0.2) is 53.4 Å². The molecule has 1 fully saturated rings. The Morgan fingerprint density at radius 2 is 2.22 bits per heavy atom. The van der Waals surface area contributed by atoms with Crippen molar-refractivity contribution in [2.45, 2.75) is 26.2 Å². The Labute approximate surface area is 107 Å². The number of amides is 2. The van der Waals surface area contributed by atoms with Crippen molar-refractivity contribution in [3.63, 3.8) is 0 Å². The third-order valence-corrected chi connectivity index (χ3v) is 3.24. The molecule has 2 amide bonds. The van der Waals surface area contributed by atoms with Crippen LogP contribution in [0.15, 0.2) is 0 Å². The summed E-state index contributed by atoms with van der Waals surface area (Å²) < 4.78 is 0. The number of rotatable bonds is 6. The van der Waals surface area contributed by atoms with E-state index in [0.29, 0.717) is 25.6 Å². The first-order valence-corrected chi connectivity index (χ1v) is 6.38. The van der Waals surface area contributed by atoms with E-state index in [-0.39, 0.29) is 25.0 Å². The molecule has 0 aromatic heterocycles. The lowest BCUT2D eigenvalue weighted by atomic mass is 10.1. The maximum Gasteiger partial charge on any atom is 0.317 e. The summed E-state index contributed by atoms with van der Waals surface area (Å²) in [7, 11) is 0. The molecule has 2 atom stereocenters. The maximum absolute atomic E-state index is 11.8. The van der Waals surface area contributed by atoms with Crippen LogP contribution in [0.1, 0.15) is 26.2 Å². The highest BCUT2D eigenvalue weighted by Crippen LogP contribution is 2.18. The van der Waals surface area contributed by atoms with Crippen molar-refractivity contribution in [1.29, 1.82) is 0 Å². The quantitative estimate of drug-likeness (QED) is 0.647. The molecule has 104 valence electrons. The van der Waals surface area contributed by atoms with Crippen LogP contribution in [0, 0.1) is 11.8 Å². The summed E-state index contributed by atoms with van der Waals surface area (Å²) in [6, 6.07) is -0.132. The minimum Gasteiger partial charge on any atom is -0.481 e. The second kappa shape index (κ2) is 7.20. The van der Waals surface area contributed by atoms with E-state index in [1.54, 1.807) is 11.8 Å². The molecule has 2 unspecified atom stereocenters. The third-order valence-electron chi connectivity index (χ3n) is 3.24. The highest BCUT2D eigenvalue weighted by Gasteiger charge is 2.25. The van der Waals surface area contributed by atoms with Gasteiger partial charge in [0.2, 0.25) is 0 Å². The van der Waals surface area contributed by atoms with Crippen molar-refractivity contribution >= 4 is 12.0 Å². The van der Waals surface area contributed by atoms with Gasteiger partial charge >= 0.3 is 12.0 Å². The summed E-state index contributed by atoms with van der Waals surface area (Å²) >= 11 is 0. The monoisotopic (exact) mass is 258 g/mol. The van der Waals surface area contributed by atoms with Gasteiger partial charge in [-0.25, -0.2) is 4.79 Å². The summed E-state index contributed by atoms with van der Waals surface area (Å²) in [5.74, 6) is -0.527. The first-order valence-electron chi connectivity index (χ1n) is 6.38. The van der Waals surface area contributed by atoms with Crippen LogP contribution in [0.3, 0.4) is 0 Å². The molecule has 0 aliphatic carbocycles. The minimum atomic E-state index is -0.846. The Morgan fingerprint density at radius 1 is 1.50 bits per heavy atom. The molecule has 6 heteroatoms. The van der Waals surface area contributed by atoms with E-state index in [1.165, 1.54) is 0 Å². The van der Waals surface area contributed by atoms with Crippen LogP contribution in [0.25, 0.3) is 0 Å². The molecule has 1 aliphatic rings. The molecule has 18 heavy (non-hydrogen) atoms. The number of carbonyl (C=O) groups excluding carboxylic acids is 1. The fourth-order valence-electron chi connectivity index (χ4n) is 2.18. The van der Waals surface area contributed by atoms with E-state index in [0.717, 1.165) is 12.8 Å². The van der Waals surface area contributed by atoms with Crippen LogP contribution in [0.2, 0.25) is 0 Å². The number of nitrogens with zero attached hydrogens (tertiary/aromatic N) is 1. The molecule has 1 heterocycles. The number of aliphatic hydroxyl groups excluding tert-OH is 1. The fourth-order valence-corrected chi connectivity index (χ4v) is 2.18. The summed E-state index contributed by atoms with van der Waals surface area (Å²) in [4.78, 5) is 24.0. The van der Waals surface area contributed by atoms with Crippen molar-refractivity contribution in [3.05, 3.63) is 0 Å². The van der Waals surface area contributed by atoms with Gasteiger partial charge in [0.15, 0.2) is 0 Å². The van der Waals surface area contributed by atoms with Gasteiger partial charge < -0.3 is 20.4 Å². The predicted octanol–water partition coefficient (Wildman–Crippen LogP) is 0.511. The van der Waals surface area contributed by atoms with Gasteiger partial charge in [-0.05, 0) is 24.7 Å². The lowest BCUT2D eigenvalue weighted by Gasteiger charge is -2.18. The van der Waals surface area contributed by atoms with Crippen LogP contribution >= 0.6 is 0 Å². The summed E-state index contributed by atoms with van der Waals surface area (Å²) in [5, 5.41) is 20.2. The van der Waals surface area contributed by atoms with E-state index in [2.05, 4.69) is 5.32 Å². The normalized spacial score (nSPS) is 20.8. The van der Waals surface area contributed by atoms with Gasteiger partial charge in [0.25, 0.3) is 0 Å². The van der Waals surface area contributed by atoms with Crippen LogP contribution in [0.5, 0.6) is 0 Å². The molecule has 0 radical (unpaired) electrons. The summed E-state index contributed by atoms with van der Waals surface area (Å²) in [5.41, 5.74) is 0. The lowest BCUT2D eigenvalue weighted by molar-refractivity contribution is -0.137. The zero-order valence-corrected chi connectivity index (χ0v) is 10.8.